The summed E-state index contributed by atoms with van der Waals surface area (Å²) in [6.45, 7) is 6.28. The minimum absolute atomic E-state index is 0.0287. The molecule has 1 saturated carbocycles. The molecule has 0 radical (unpaired) electrons. The van der Waals surface area contributed by atoms with Crippen LogP contribution in [0.2, 0.25) is 0 Å². The van der Waals surface area contributed by atoms with Crippen LogP contribution >= 0.6 is 0 Å². The number of fused-ring (bicyclic) bond motifs is 1. The number of carboxylic acid groups (broad SMARTS) is 1. The fourth-order valence-corrected chi connectivity index (χ4v) is 4.71. The highest BCUT2D eigenvalue weighted by Gasteiger charge is 2.35. The molecular formula is C22H29FN4O5. The topological polar surface area (TPSA) is 119 Å². The second-order valence-corrected chi connectivity index (χ2v) is 8.50. The predicted molar refractivity (Wildman–Crippen MR) is 120 cm³/mol. The molecule has 9 nitrogen and oxygen atoms in total. The third-order valence-corrected chi connectivity index (χ3v) is 6.46. The van der Waals surface area contributed by atoms with E-state index < -0.39 is 23.2 Å². The van der Waals surface area contributed by atoms with Crippen molar-refractivity contribution in [3.8, 4) is 11.5 Å². The first-order valence-electron chi connectivity index (χ1n) is 10.9. The smallest absolute Gasteiger partial charge is 0.492 e. The summed E-state index contributed by atoms with van der Waals surface area (Å²) in [4.78, 5) is 26.0. The van der Waals surface area contributed by atoms with Gasteiger partial charge in [-0.2, -0.15) is 0 Å². The number of halogens is 1. The van der Waals surface area contributed by atoms with Gasteiger partial charge in [0.25, 0.3) is 0 Å². The van der Waals surface area contributed by atoms with Gasteiger partial charge >= 0.3 is 6.16 Å². The van der Waals surface area contributed by atoms with Crippen LogP contribution in [0, 0.1) is 11.7 Å². The summed E-state index contributed by atoms with van der Waals surface area (Å²) in [6.07, 6.45) is 2.30. The number of pyridine rings is 1. The number of nitrogens with zero attached hydrogens (tertiary/aromatic N) is 2. The number of carbonyl (C=O) groups is 1. The summed E-state index contributed by atoms with van der Waals surface area (Å²) in [5.41, 5.74) is 5.66. The molecule has 0 bridgehead atoms. The molecule has 1 aromatic heterocycles. The Bertz CT molecular complexity index is 1110. The number of anilines is 2. The van der Waals surface area contributed by atoms with Crippen LogP contribution in [0.15, 0.2) is 11.0 Å². The van der Waals surface area contributed by atoms with Crippen LogP contribution in [-0.2, 0) is 0 Å². The van der Waals surface area contributed by atoms with Gasteiger partial charge in [-0.05, 0) is 38.6 Å². The molecule has 1 saturated heterocycles. The van der Waals surface area contributed by atoms with E-state index in [9.17, 15) is 9.59 Å². The highest BCUT2D eigenvalue weighted by molar-refractivity contribution is 6.01. The maximum Gasteiger partial charge on any atom is 0.511 e. The summed E-state index contributed by atoms with van der Waals surface area (Å²) in [7, 11) is 1.44. The first kappa shape index (κ1) is 22.2. The molecule has 10 heteroatoms. The number of benzene rings is 1. The minimum atomic E-state index is -1.62. The van der Waals surface area contributed by atoms with Gasteiger partial charge in [0.15, 0.2) is 17.3 Å². The third-order valence-electron chi connectivity index (χ3n) is 6.46. The fraction of sp³-hybridized carbons (Fsp3) is 0.545. The van der Waals surface area contributed by atoms with E-state index in [4.69, 9.17) is 15.6 Å². The van der Waals surface area contributed by atoms with Crippen LogP contribution in [0.1, 0.15) is 39.2 Å². The number of nitrogens with one attached hydrogen (secondary N) is 1. The van der Waals surface area contributed by atoms with Gasteiger partial charge in [0.1, 0.15) is 5.69 Å². The zero-order valence-electron chi connectivity index (χ0n) is 18.5. The average Bonchev–Trinajstić information content (AvgIpc) is 3.48. The van der Waals surface area contributed by atoms with Crippen molar-refractivity contribution in [2.24, 2.45) is 5.92 Å². The Morgan fingerprint density at radius 3 is 2.72 bits per heavy atom. The minimum Gasteiger partial charge on any atom is -0.492 e. The molecule has 1 aromatic carbocycles. The van der Waals surface area contributed by atoms with Crippen molar-refractivity contribution in [3.63, 3.8) is 0 Å². The van der Waals surface area contributed by atoms with Gasteiger partial charge in [0.05, 0.1) is 29.9 Å². The highest BCUT2D eigenvalue weighted by Crippen LogP contribution is 2.47. The van der Waals surface area contributed by atoms with Crippen molar-refractivity contribution in [1.29, 1.82) is 0 Å². The molecule has 4 N–H and O–H groups in total. The Morgan fingerprint density at radius 1 is 1.41 bits per heavy atom. The Hall–Kier alpha value is -3.01. The lowest BCUT2D eigenvalue weighted by Gasteiger charge is -2.26. The molecule has 2 fully saturated rings. The summed E-state index contributed by atoms with van der Waals surface area (Å²) in [5.74, 6) is -0.584. The van der Waals surface area contributed by atoms with Gasteiger partial charge in [0.2, 0.25) is 5.43 Å². The molecular weight excluding hydrogens is 419 g/mol. The van der Waals surface area contributed by atoms with E-state index in [0.717, 1.165) is 25.8 Å². The number of ether oxygens (including phenoxy) is 2. The zero-order chi connectivity index (χ0) is 23.2. The van der Waals surface area contributed by atoms with Crippen LogP contribution in [0.5, 0.6) is 11.5 Å². The van der Waals surface area contributed by atoms with Gasteiger partial charge < -0.3 is 35.1 Å². The quantitative estimate of drug-likeness (QED) is 0.437. The second kappa shape index (κ2) is 8.50. The van der Waals surface area contributed by atoms with Gasteiger partial charge in [-0.3, -0.25) is 4.79 Å². The average molecular weight is 448 g/mol. The maximum atomic E-state index is 15.7. The number of aromatic nitrogens is 1. The zero-order valence-corrected chi connectivity index (χ0v) is 18.5. The molecule has 174 valence electrons. The largest absolute Gasteiger partial charge is 0.511 e. The Kier molecular flexibility index (Phi) is 5.89. The van der Waals surface area contributed by atoms with Crippen LogP contribution in [0.25, 0.3) is 10.9 Å². The van der Waals surface area contributed by atoms with Crippen molar-refractivity contribution < 1.29 is 23.8 Å². The number of nitrogen functional groups attached to an aromatic ring is 1. The first-order valence-corrected chi connectivity index (χ1v) is 10.9. The SMILES string of the molecule is CCN[C@H](C)[C@H]1CCN(c2c(F)c(N)c3c(=O)c(OC(=O)O)cn(C4CC4)c3c2OC)C1. The molecule has 2 aromatic rings. The third kappa shape index (κ3) is 3.72. The lowest BCUT2D eigenvalue weighted by molar-refractivity contribution is 0.143. The van der Waals surface area contributed by atoms with Crippen molar-refractivity contribution in [3.05, 3.63) is 22.2 Å². The number of nitrogens with two attached hydrogens (primary N) is 1. The van der Waals surface area contributed by atoms with Gasteiger partial charge in [-0.1, -0.05) is 6.92 Å². The normalized spacial score (nSPS) is 19.4. The van der Waals surface area contributed by atoms with E-state index in [-0.39, 0.29) is 34.6 Å². The lowest BCUT2D eigenvalue weighted by Crippen LogP contribution is -2.35. The molecule has 1 aliphatic carbocycles. The van der Waals surface area contributed by atoms with Crippen molar-refractivity contribution in [1.82, 2.24) is 9.88 Å². The van der Waals surface area contributed by atoms with Crippen LogP contribution in [0.4, 0.5) is 20.6 Å². The summed E-state index contributed by atoms with van der Waals surface area (Å²) < 4.78 is 27.8. The van der Waals surface area contributed by atoms with Gasteiger partial charge in [-0.15, -0.1) is 0 Å². The standard InChI is InChI=1S/C22H29FN4O5/c1-4-25-11(2)12-7-8-26(9-12)19-16(23)17(24)15-18(21(19)31-3)27(13-5-6-13)10-14(20(15)28)32-22(29)30/h10-13,25H,4-9,24H2,1-3H3,(H,29,30)/t11-,12+/m1/s1. The monoisotopic (exact) mass is 448 g/mol. The van der Waals surface area contributed by atoms with Gasteiger partial charge in [-0.25, -0.2) is 9.18 Å². The summed E-state index contributed by atoms with van der Waals surface area (Å²) in [6, 6.07) is 0.304. The first-order chi connectivity index (χ1) is 15.3. The summed E-state index contributed by atoms with van der Waals surface area (Å²) in [5, 5.41) is 12.3. The lowest BCUT2D eigenvalue weighted by atomic mass is 10.0. The molecule has 32 heavy (non-hydrogen) atoms. The van der Waals surface area contributed by atoms with E-state index in [1.807, 2.05) is 4.90 Å². The number of rotatable bonds is 7. The van der Waals surface area contributed by atoms with E-state index in [1.165, 1.54) is 13.3 Å². The fourth-order valence-electron chi connectivity index (χ4n) is 4.71. The number of hydrogen-bond donors (Lipinski definition) is 3. The van der Waals surface area contributed by atoms with E-state index >= 15 is 4.39 Å². The Labute approximate surface area is 184 Å². The van der Waals surface area contributed by atoms with Crippen molar-refractivity contribution in [2.45, 2.75) is 45.2 Å². The maximum absolute atomic E-state index is 15.7. The van der Waals surface area contributed by atoms with E-state index in [0.29, 0.717) is 24.5 Å². The molecule has 2 aliphatic rings. The molecule has 0 spiro atoms. The van der Waals surface area contributed by atoms with Crippen LogP contribution < -0.4 is 30.9 Å². The Balaban J connectivity index is 1.91. The molecule has 2 atom stereocenters. The van der Waals surface area contributed by atoms with Crippen LogP contribution in [0.3, 0.4) is 0 Å². The molecule has 2 heterocycles. The number of hydrogen-bond acceptors (Lipinski definition) is 7. The van der Waals surface area contributed by atoms with E-state index in [2.05, 4.69) is 23.9 Å². The molecule has 0 amide bonds. The molecule has 0 unspecified atom stereocenters. The highest BCUT2D eigenvalue weighted by atomic mass is 19.1. The predicted octanol–water partition coefficient (Wildman–Crippen LogP) is 2.95. The second-order valence-electron chi connectivity index (χ2n) is 8.50. The Morgan fingerprint density at radius 2 is 2.12 bits per heavy atom. The van der Waals surface area contributed by atoms with Crippen LogP contribution in [-0.4, -0.2) is 48.6 Å². The van der Waals surface area contributed by atoms with Gasteiger partial charge in [0, 0.05) is 25.2 Å². The van der Waals surface area contributed by atoms with Crippen molar-refractivity contribution >= 4 is 28.4 Å². The van der Waals surface area contributed by atoms with Crippen molar-refractivity contribution in [2.75, 3.05) is 37.4 Å². The molecule has 4 rings (SSSR count). The summed E-state index contributed by atoms with van der Waals surface area (Å²) >= 11 is 0. The number of methoxy groups -OCH3 is 1. The van der Waals surface area contributed by atoms with E-state index in [1.54, 1.807) is 4.57 Å². The molecule has 1 aliphatic heterocycles.